The molecule has 0 aromatic heterocycles. The van der Waals surface area contributed by atoms with E-state index in [0.29, 0.717) is 24.4 Å². The molecule has 0 atom stereocenters. The lowest BCUT2D eigenvalue weighted by Crippen LogP contribution is -2.22. The van der Waals surface area contributed by atoms with Crippen molar-refractivity contribution in [2.24, 2.45) is 0 Å². The van der Waals surface area contributed by atoms with Crippen LogP contribution in [0.1, 0.15) is 33.4 Å². The number of aryl methyl sites for hydroxylation is 4. The Morgan fingerprint density at radius 1 is 0.724 bits per heavy atom. The van der Waals surface area contributed by atoms with Crippen LogP contribution in [0.5, 0.6) is 11.5 Å². The van der Waals surface area contributed by atoms with E-state index in [2.05, 4.69) is 0 Å². The molecule has 1 aliphatic rings. The van der Waals surface area contributed by atoms with Crippen molar-refractivity contribution in [3.05, 3.63) is 68.8 Å². The third kappa shape index (κ3) is 4.43. The van der Waals surface area contributed by atoms with Crippen molar-refractivity contribution in [1.82, 2.24) is 0 Å². The number of carbonyl (C=O) groups excluding carboxylic acids is 1. The third-order valence-electron chi connectivity index (χ3n) is 5.32. The predicted molar refractivity (Wildman–Crippen MR) is 117 cm³/mol. The first kappa shape index (κ1) is 20.9. The number of ether oxygens (including phenoxy) is 3. The zero-order chi connectivity index (χ0) is 21.1. The van der Waals surface area contributed by atoms with Crippen LogP contribution in [0.25, 0.3) is 12.2 Å². The summed E-state index contributed by atoms with van der Waals surface area (Å²) >= 11 is 0. The first-order valence-electron chi connectivity index (χ1n) is 9.68. The predicted octanol–water partition coefficient (Wildman–Crippen LogP) is 5.00. The summed E-state index contributed by atoms with van der Waals surface area (Å²) < 4.78 is 16.5. The van der Waals surface area contributed by atoms with E-state index in [9.17, 15) is 4.79 Å². The molecule has 0 bridgehead atoms. The van der Waals surface area contributed by atoms with Gasteiger partial charge in [0.1, 0.15) is 11.5 Å². The Bertz CT molecular complexity index is 932. The van der Waals surface area contributed by atoms with Gasteiger partial charge in [0.15, 0.2) is 5.78 Å². The van der Waals surface area contributed by atoms with Crippen LogP contribution in [0, 0.1) is 27.7 Å². The topological polar surface area (TPSA) is 44.8 Å². The molecule has 29 heavy (non-hydrogen) atoms. The highest BCUT2D eigenvalue weighted by molar-refractivity contribution is 6.14. The minimum absolute atomic E-state index is 0.0389. The second-order valence-electron chi connectivity index (χ2n) is 7.52. The summed E-state index contributed by atoms with van der Waals surface area (Å²) in [6, 6.07) is 8.08. The highest BCUT2D eigenvalue weighted by Crippen LogP contribution is 2.28. The van der Waals surface area contributed by atoms with Gasteiger partial charge in [0.05, 0.1) is 27.4 Å². The molecule has 1 saturated heterocycles. The Hall–Kier alpha value is -2.85. The standard InChI is InChI=1S/C25H28O4/c1-15-9-23(27-5)17(3)7-19(15)11-21-13-29-14-22(25(21)26)12-20-8-18(4)24(28-6)10-16(20)2/h7-12H,13-14H2,1-6H3. The molecule has 2 aromatic carbocycles. The lowest BCUT2D eigenvalue weighted by molar-refractivity contribution is -0.114. The monoisotopic (exact) mass is 392 g/mol. The average molecular weight is 392 g/mol. The van der Waals surface area contributed by atoms with Crippen molar-refractivity contribution in [1.29, 1.82) is 0 Å². The zero-order valence-electron chi connectivity index (χ0n) is 18.0. The Morgan fingerprint density at radius 3 is 1.52 bits per heavy atom. The van der Waals surface area contributed by atoms with Gasteiger partial charge in [-0.25, -0.2) is 0 Å². The minimum atomic E-state index is 0.0389. The van der Waals surface area contributed by atoms with Gasteiger partial charge in [0, 0.05) is 11.1 Å². The number of hydrogen-bond acceptors (Lipinski definition) is 4. The summed E-state index contributed by atoms with van der Waals surface area (Å²) in [4.78, 5) is 13.1. The molecule has 4 nitrogen and oxygen atoms in total. The van der Waals surface area contributed by atoms with Crippen LogP contribution in [0.3, 0.4) is 0 Å². The summed E-state index contributed by atoms with van der Waals surface area (Å²) in [6.45, 7) is 8.67. The van der Waals surface area contributed by atoms with Gasteiger partial charge >= 0.3 is 0 Å². The minimum Gasteiger partial charge on any atom is -0.496 e. The first-order chi connectivity index (χ1) is 13.8. The van der Waals surface area contributed by atoms with Gasteiger partial charge < -0.3 is 14.2 Å². The van der Waals surface area contributed by atoms with Crippen molar-refractivity contribution >= 4 is 17.9 Å². The van der Waals surface area contributed by atoms with Gasteiger partial charge in [-0.3, -0.25) is 4.79 Å². The molecule has 0 N–H and O–H groups in total. The molecule has 3 rings (SSSR count). The Labute approximate surface area is 172 Å². The van der Waals surface area contributed by atoms with Crippen LogP contribution in [0.4, 0.5) is 0 Å². The molecule has 0 unspecified atom stereocenters. The summed E-state index contributed by atoms with van der Waals surface area (Å²) in [5, 5.41) is 0. The Balaban J connectivity index is 1.95. The maximum absolute atomic E-state index is 13.1. The summed E-state index contributed by atoms with van der Waals surface area (Å²) in [5.74, 6) is 1.74. The number of benzene rings is 2. The number of carbonyl (C=O) groups is 1. The molecule has 4 heteroatoms. The van der Waals surface area contributed by atoms with Crippen LogP contribution in [-0.2, 0) is 9.53 Å². The SMILES string of the molecule is COc1cc(C)c(C=C2COCC(=Cc3cc(C)c(OC)cc3C)C2=O)cc1C. The number of methoxy groups -OCH3 is 2. The molecule has 0 amide bonds. The van der Waals surface area contributed by atoms with Crippen molar-refractivity contribution in [3.63, 3.8) is 0 Å². The van der Waals surface area contributed by atoms with E-state index >= 15 is 0 Å². The van der Waals surface area contributed by atoms with Gasteiger partial charge in [0.2, 0.25) is 0 Å². The van der Waals surface area contributed by atoms with Gasteiger partial charge in [-0.05, 0) is 97.5 Å². The molecule has 1 fully saturated rings. The van der Waals surface area contributed by atoms with Crippen molar-refractivity contribution in [2.75, 3.05) is 27.4 Å². The highest BCUT2D eigenvalue weighted by atomic mass is 16.5. The van der Waals surface area contributed by atoms with E-state index < -0.39 is 0 Å². The van der Waals surface area contributed by atoms with Crippen LogP contribution < -0.4 is 9.47 Å². The molecule has 0 spiro atoms. The lowest BCUT2D eigenvalue weighted by atomic mass is 9.94. The molecular weight excluding hydrogens is 364 g/mol. The number of hydrogen-bond donors (Lipinski definition) is 0. The Kier molecular flexibility index (Phi) is 6.23. The quantitative estimate of drug-likeness (QED) is 0.687. The van der Waals surface area contributed by atoms with Crippen molar-refractivity contribution in [2.45, 2.75) is 27.7 Å². The van der Waals surface area contributed by atoms with Crippen molar-refractivity contribution < 1.29 is 19.0 Å². The maximum Gasteiger partial charge on any atom is 0.189 e. The van der Waals surface area contributed by atoms with Gasteiger partial charge in [0.25, 0.3) is 0 Å². The van der Waals surface area contributed by atoms with Crippen LogP contribution in [0.2, 0.25) is 0 Å². The number of ketones is 1. The highest BCUT2D eigenvalue weighted by Gasteiger charge is 2.22. The number of Topliss-reactive ketones (excluding diaryl/α,β-unsaturated/α-hetero) is 1. The molecule has 1 aliphatic heterocycles. The molecule has 152 valence electrons. The largest absolute Gasteiger partial charge is 0.496 e. The second kappa shape index (κ2) is 8.66. The Morgan fingerprint density at radius 2 is 1.14 bits per heavy atom. The average Bonchev–Trinajstić information content (AvgIpc) is 2.69. The number of rotatable bonds is 4. The molecule has 0 saturated carbocycles. The first-order valence-corrected chi connectivity index (χ1v) is 9.68. The lowest BCUT2D eigenvalue weighted by Gasteiger charge is -2.19. The van der Waals surface area contributed by atoms with Crippen LogP contribution in [0.15, 0.2) is 35.4 Å². The van der Waals surface area contributed by atoms with E-state index in [4.69, 9.17) is 14.2 Å². The molecule has 0 radical (unpaired) electrons. The maximum atomic E-state index is 13.1. The molecule has 1 heterocycles. The van der Waals surface area contributed by atoms with Crippen LogP contribution in [-0.4, -0.2) is 33.2 Å². The second-order valence-corrected chi connectivity index (χ2v) is 7.52. The summed E-state index contributed by atoms with van der Waals surface area (Å²) in [7, 11) is 3.33. The van der Waals surface area contributed by atoms with E-state index in [1.165, 1.54) is 0 Å². The smallest absolute Gasteiger partial charge is 0.189 e. The van der Waals surface area contributed by atoms with Crippen molar-refractivity contribution in [3.8, 4) is 11.5 Å². The normalized spacial score (nSPS) is 17.1. The van der Waals surface area contributed by atoms with Gasteiger partial charge in [-0.15, -0.1) is 0 Å². The zero-order valence-corrected chi connectivity index (χ0v) is 18.0. The fraction of sp³-hybridized carbons (Fsp3) is 0.320. The molecule has 2 aromatic rings. The molecular formula is C25H28O4. The van der Waals surface area contributed by atoms with Gasteiger partial charge in [-0.1, -0.05) is 0 Å². The van der Waals surface area contributed by atoms with Crippen LogP contribution >= 0.6 is 0 Å². The van der Waals surface area contributed by atoms with E-state index in [-0.39, 0.29) is 5.78 Å². The fourth-order valence-corrected chi connectivity index (χ4v) is 3.57. The van der Waals surface area contributed by atoms with E-state index in [1.54, 1.807) is 14.2 Å². The van der Waals surface area contributed by atoms with E-state index in [0.717, 1.165) is 44.9 Å². The van der Waals surface area contributed by atoms with Gasteiger partial charge in [-0.2, -0.15) is 0 Å². The fourth-order valence-electron chi connectivity index (χ4n) is 3.57. The third-order valence-corrected chi connectivity index (χ3v) is 5.32. The van der Waals surface area contributed by atoms with E-state index in [1.807, 2.05) is 64.1 Å². The summed E-state index contributed by atoms with van der Waals surface area (Å²) in [6.07, 6.45) is 3.87. The summed E-state index contributed by atoms with van der Waals surface area (Å²) in [5.41, 5.74) is 7.54. The molecule has 0 aliphatic carbocycles.